The molecule has 2 rings (SSSR count). The molecular formula is C24H30Cl3N3O4S. The topological polar surface area (TPSA) is 86.8 Å². The summed E-state index contributed by atoms with van der Waals surface area (Å²) in [5, 5.41) is 3.87. The van der Waals surface area contributed by atoms with Gasteiger partial charge in [-0.25, -0.2) is 8.42 Å². The van der Waals surface area contributed by atoms with Crippen molar-refractivity contribution in [1.82, 2.24) is 10.2 Å². The third-order valence-corrected chi connectivity index (χ3v) is 7.43. The number of carbonyl (C=O) groups excluding carboxylic acids is 2. The maximum absolute atomic E-state index is 13.6. The number of amides is 2. The summed E-state index contributed by atoms with van der Waals surface area (Å²) in [6.45, 7) is 5.18. The predicted molar refractivity (Wildman–Crippen MR) is 143 cm³/mol. The van der Waals surface area contributed by atoms with Gasteiger partial charge >= 0.3 is 0 Å². The minimum Gasteiger partial charge on any atom is -0.352 e. The first-order chi connectivity index (χ1) is 16.4. The molecule has 0 fully saturated rings. The standard InChI is InChI=1S/C24H30Cl3N3O4S/c1-5-16(3)28-24(32)21(6-2)29(14-17-7-9-18(25)10-8-17)23(31)15-30(35(4,33)34)22-12-11-19(26)13-20(22)27/h7-13,16,21H,5-6,14-15H2,1-4H3,(H,28,32)/t16-,21-/m1/s1. The van der Waals surface area contributed by atoms with Gasteiger partial charge in [0.15, 0.2) is 0 Å². The number of rotatable bonds is 11. The summed E-state index contributed by atoms with van der Waals surface area (Å²) in [6, 6.07) is 10.3. The van der Waals surface area contributed by atoms with Crippen molar-refractivity contribution in [3.05, 3.63) is 63.1 Å². The van der Waals surface area contributed by atoms with Crippen LogP contribution < -0.4 is 9.62 Å². The molecule has 2 amide bonds. The first-order valence-corrected chi connectivity index (χ1v) is 14.1. The van der Waals surface area contributed by atoms with E-state index >= 15 is 0 Å². The lowest BCUT2D eigenvalue weighted by Gasteiger charge is -2.33. The molecule has 35 heavy (non-hydrogen) atoms. The van der Waals surface area contributed by atoms with Gasteiger partial charge in [0, 0.05) is 22.6 Å². The van der Waals surface area contributed by atoms with Gasteiger partial charge in [0.1, 0.15) is 12.6 Å². The van der Waals surface area contributed by atoms with Crippen LogP contribution >= 0.6 is 34.8 Å². The summed E-state index contributed by atoms with van der Waals surface area (Å²) < 4.78 is 26.2. The van der Waals surface area contributed by atoms with Crippen molar-refractivity contribution >= 4 is 62.3 Å². The molecule has 2 aromatic carbocycles. The van der Waals surface area contributed by atoms with E-state index in [1.54, 1.807) is 31.2 Å². The Hall–Kier alpha value is -2.00. The molecule has 2 atom stereocenters. The Balaban J connectivity index is 2.46. The second-order valence-electron chi connectivity index (χ2n) is 8.26. The molecule has 11 heteroatoms. The number of hydrogen-bond donors (Lipinski definition) is 1. The monoisotopic (exact) mass is 561 g/mol. The molecule has 0 saturated heterocycles. The fourth-order valence-electron chi connectivity index (χ4n) is 3.43. The highest BCUT2D eigenvalue weighted by atomic mass is 35.5. The van der Waals surface area contributed by atoms with Crippen LogP contribution in [-0.2, 0) is 26.2 Å². The van der Waals surface area contributed by atoms with Crippen LogP contribution in [-0.4, -0.2) is 50.0 Å². The average Bonchev–Trinajstić information content (AvgIpc) is 2.78. The van der Waals surface area contributed by atoms with E-state index in [9.17, 15) is 18.0 Å². The Morgan fingerprint density at radius 2 is 1.57 bits per heavy atom. The highest BCUT2D eigenvalue weighted by molar-refractivity contribution is 7.92. The molecule has 0 aliphatic heterocycles. The molecule has 2 aromatic rings. The van der Waals surface area contributed by atoms with Gasteiger partial charge in [-0.2, -0.15) is 0 Å². The van der Waals surface area contributed by atoms with Crippen molar-refractivity contribution in [2.75, 3.05) is 17.1 Å². The number of carbonyl (C=O) groups is 2. The van der Waals surface area contributed by atoms with E-state index in [2.05, 4.69) is 5.32 Å². The van der Waals surface area contributed by atoms with Crippen molar-refractivity contribution in [1.29, 1.82) is 0 Å². The zero-order valence-corrected chi connectivity index (χ0v) is 23.2. The smallest absolute Gasteiger partial charge is 0.244 e. The van der Waals surface area contributed by atoms with Crippen LogP contribution in [0, 0.1) is 0 Å². The van der Waals surface area contributed by atoms with Gasteiger partial charge in [-0.05, 0) is 55.7 Å². The molecule has 0 spiro atoms. The summed E-state index contributed by atoms with van der Waals surface area (Å²) in [4.78, 5) is 28.1. The van der Waals surface area contributed by atoms with Gasteiger partial charge in [0.2, 0.25) is 21.8 Å². The van der Waals surface area contributed by atoms with E-state index in [1.165, 1.54) is 23.1 Å². The molecule has 0 unspecified atom stereocenters. The van der Waals surface area contributed by atoms with E-state index in [0.29, 0.717) is 16.5 Å². The maximum atomic E-state index is 13.6. The summed E-state index contributed by atoms with van der Waals surface area (Å²) in [5.74, 6) is -0.859. The fraction of sp³-hybridized carbons (Fsp3) is 0.417. The Morgan fingerprint density at radius 1 is 0.971 bits per heavy atom. The molecule has 192 valence electrons. The lowest BCUT2D eigenvalue weighted by atomic mass is 10.1. The van der Waals surface area contributed by atoms with E-state index < -0.39 is 28.5 Å². The fourth-order valence-corrected chi connectivity index (χ4v) is 4.97. The number of halogens is 3. The number of anilines is 1. The Bertz CT molecular complexity index is 1140. The number of hydrogen-bond acceptors (Lipinski definition) is 4. The van der Waals surface area contributed by atoms with Gasteiger partial charge in [0.25, 0.3) is 0 Å². The van der Waals surface area contributed by atoms with E-state index in [0.717, 1.165) is 22.5 Å². The van der Waals surface area contributed by atoms with E-state index in [-0.39, 0.29) is 29.2 Å². The summed E-state index contributed by atoms with van der Waals surface area (Å²) in [7, 11) is -3.90. The van der Waals surface area contributed by atoms with Crippen LogP contribution in [0.5, 0.6) is 0 Å². The van der Waals surface area contributed by atoms with Crippen LogP contribution in [0.4, 0.5) is 5.69 Å². The molecule has 0 aromatic heterocycles. The van der Waals surface area contributed by atoms with Crippen LogP contribution in [0.1, 0.15) is 39.2 Å². The second kappa shape index (κ2) is 12.8. The zero-order valence-electron chi connectivity index (χ0n) is 20.1. The molecule has 0 radical (unpaired) electrons. The minimum absolute atomic E-state index is 0.0792. The van der Waals surface area contributed by atoms with E-state index in [4.69, 9.17) is 34.8 Å². The van der Waals surface area contributed by atoms with Crippen LogP contribution in [0.2, 0.25) is 15.1 Å². The normalized spacial score (nSPS) is 13.1. The summed E-state index contributed by atoms with van der Waals surface area (Å²) in [5.41, 5.74) is 0.864. The molecule has 0 heterocycles. The quantitative estimate of drug-likeness (QED) is 0.411. The van der Waals surface area contributed by atoms with Gasteiger partial charge in [-0.1, -0.05) is 60.8 Å². The first kappa shape index (κ1) is 29.2. The van der Waals surface area contributed by atoms with Gasteiger partial charge in [-0.15, -0.1) is 0 Å². The molecule has 1 N–H and O–H groups in total. The SMILES string of the molecule is CC[C@@H](C)NC(=O)[C@@H](CC)N(Cc1ccc(Cl)cc1)C(=O)CN(c1ccc(Cl)cc1Cl)S(C)(=O)=O. The molecule has 0 aliphatic carbocycles. The third kappa shape index (κ3) is 8.27. The molecular weight excluding hydrogens is 533 g/mol. The van der Waals surface area contributed by atoms with Gasteiger partial charge in [0.05, 0.1) is 17.0 Å². The summed E-state index contributed by atoms with van der Waals surface area (Å²) in [6.07, 6.45) is 2.05. The highest BCUT2D eigenvalue weighted by Crippen LogP contribution is 2.30. The first-order valence-electron chi connectivity index (χ1n) is 11.1. The van der Waals surface area contributed by atoms with Gasteiger partial charge in [-0.3, -0.25) is 13.9 Å². The molecule has 0 saturated carbocycles. The van der Waals surface area contributed by atoms with Crippen molar-refractivity contribution in [2.24, 2.45) is 0 Å². The lowest BCUT2D eigenvalue weighted by Crippen LogP contribution is -2.53. The third-order valence-electron chi connectivity index (χ3n) is 5.51. The highest BCUT2D eigenvalue weighted by Gasteiger charge is 2.32. The Kier molecular flexibility index (Phi) is 10.7. The number of nitrogens with one attached hydrogen (secondary N) is 1. The number of sulfonamides is 1. The second-order valence-corrected chi connectivity index (χ2v) is 11.4. The maximum Gasteiger partial charge on any atom is 0.244 e. The number of benzene rings is 2. The van der Waals surface area contributed by atoms with Crippen LogP contribution in [0.3, 0.4) is 0 Å². The molecule has 0 aliphatic rings. The average molecular weight is 563 g/mol. The van der Waals surface area contributed by atoms with Crippen LogP contribution in [0.25, 0.3) is 0 Å². The zero-order chi connectivity index (χ0) is 26.3. The minimum atomic E-state index is -3.90. The molecule has 0 bridgehead atoms. The predicted octanol–water partition coefficient (Wildman–Crippen LogP) is 5.13. The largest absolute Gasteiger partial charge is 0.352 e. The number of nitrogens with zero attached hydrogens (tertiary/aromatic N) is 2. The van der Waals surface area contributed by atoms with E-state index in [1.807, 2.05) is 13.8 Å². The van der Waals surface area contributed by atoms with Crippen molar-refractivity contribution in [3.63, 3.8) is 0 Å². The Labute approximate surface area is 222 Å². The Morgan fingerprint density at radius 3 is 2.09 bits per heavy atom. The van der Waals surface area contributed by atoms with Gasteiger partial charge < -0.3 is 10.2 Å². The van der Waals surface area contributed by atoms with Crippen LogP contribution in [0.15, 0.2) is 42.5 Å². The lowest BCUT2D eigenvalue weighted by molar-refractivity contribution is -0.140. The van der Waals surface area contributed by atoms with Crippen molar-refractivity contribution in [3.8, 4) is 0 Å². The molecule has 7 nitrogen and oxygen atoms in total. The van der Waals surface area contributed by atoms with Crippen molar-refractivity contribution in [2.45, 2.75) is 52.2 Å². The summed E-state index contributed by atoms with van der Waals surface area (Å²) >= 11 is 18.2. The van der Waals surface area contributed by atoms with Crippen molar-refractivity contribution < 1.29 is 18.0 Å².